The maximum Gasteiger partial charge on any atom is 0.419 e. The molecule has 0 aliphatic rings. The Labute approximate surface area is 167 Å². The molecule has 1 atom stereocenters. The van der Waals surface area contributed by atoms with E-state index in [0.717, 1.165) is 23.1 Å². The van der Waals surface area contributed by atoms with E-state index in [1.807, 2.05) is 44.6 Å². The summed E-state index contributed by atoms with van der Waals surface area (Å²) in [6.07, 6.45) is 4.49. The number of aromatic nitrogens is 3. The highest BCUT2D eigenvalue weighted by Crippen LogP contribution is 2.28. The zero-order valence-corrected chi connectivity index (χ0v) is 16.5. The van der Waals surface area contributed by atoms with E-state index in [4.69, 9.17) is 4.42 Å². The van der Waals surface area contributed by atoms with E-state index in [0.29, 0.717) is 18.7 Å². The molecule has 2 heterocycles. The summed E-state index contributed by atoms with van der Waals surface area (Å²) in [6.45, 7) is 1.26. The fourth-order valence-corrected chi connectivity index (χ4v) is 3.79. The molecule has 4 aromatic rings. The van der Waals surface area contributed by atoms with Gasteiger partial charge in [0.1, 0.15) is 5.82 Å². The highest BCUT2D eigenvalue weighted by atomic mass is 19.1. The normalized spacial score (nSPS) is 12.7. The van der Waals surface area contributed by atoms with Crippen LogP contribution in [0.5, 0.6) is 0 Å². The first kappa shape index (κ1) is 19.1. The number of hydrogen-bond donors (Lipinski definition) is 0. The van der Waals surface area contributed by atoms with Gasteiger partial charge in [-0.15, -0.1) is 0 Å². The van der Waals surface area contributed by atoms with Gasteiger partial charge in [-0.25, -0.2) is 9.18 Å². The standard InChI is InChI=1S/C22H23FN4O2/c1-25(11-6-12-27-19-9-3-4-10-20(19)29-22(27)28)21(17-14-24-26(2)15-17)16-7-5-8-18(23)13-16/h3-5,7-10,13-15,21H,6,11-12H2,1-2H3. The number of rotatable bonds is 7. The van der Waals surface area contributed by atoms with Gasteiger partial charge in [-0.05, 0) is 43.3 Å². The number of benzene rings is 2. The van der Waals surface area contributed by atoms with Crippen molar-refractivity contribution < 1.29 is 8.81 Å². The van der Waals surface area contributed by atoms with Gasteiger partial charge in [0.25, 0.3) is 0 Å². The molecule has 6 nitrogen and oxygen atoms in total. The van der Waals surface area contributed by atoms with E-state index < -0.39 is 0 Å². The number of fused-ring (bicyclic) bond motifs is 1. The van der Waals surface area contributed by atoms with Crippen LogP contribution in [0.2, 0.25) is 0 Å². The van der Waals surface area contributed by atoms with Gasteiger partial charge in [-0.3, -0.25) is 14.1 Å². The highest BCUT2D eigenvalue weighted by molar-refractivity contribution is 5.72. The quantitative estimate of drug-likeness (QED) is 0.481. The van der Waals surface area contributed by atoms with E-state index in [2.05, 4.69) is 10.00 Å². The number of oxazole rings is 1. The third-order valence-corrected chi connectivity index (χ3v) is 5.11. The molecule has 0 N–H and O–H groups in total. The Morgan fingerprint density at radius 3 is 2.76 bits per heavy atom. The first-order chi connectivity index (χ1) is 14.0. The fourth-order valence-electron chi connectivity index (χ4n) is 3.79. The van der Waals surface area contributed by atoms with E-state index in [1.54, 1.807) is 33.6 Å². The lowest BCUT2D eigenvalue weighted by molar-refractivity contribution is 0.268. The monoisotopic (exact) mass is 394 g/mol. The molecule has 1 unspecified atom stereocenters. The van der Waals surface area contributed by atoms with Gasteiger partial charge >= 0.3 is 5.76 Å². The molecular formula is C22H23FN4O2. The molecule has 0 amide bonds. The first-order valence-corrected chi connectivity index (χ1v) is 9.55. The molecule has 2 aromatic carbocycles. The highest BCUT2D eigenvalue weighted by Gasteiger charge is 2.21. The van der Waals surface area contributed by atoms with Gasteiger partial charge in [0.15, 0.2) is 5.58 Å². The summed E-state index contributed by atoms with van der Waals surface area (Å²) in [7, 11) is 3.86. The SMILES string of the molecule is CN(CCCn1c(=O)oc2ccccc21)C(c1cccc(F)c1)c1cnn(C)c1. The van der Waals surface area contributed by atoms with Crippen LogP contribution < -0.4 is 5.76 Å². The molecule has 0 saturated carbocycles. The molecule has 7 heteroatoms. The molecule has 0 saturated heterocycles. The second-order valence-corrected chi connectivity index (χ2v) is 7.23. The van der Waals surface area contributed by atoms with Crippen LogP contribution in [0.4, 0.5) is 4.39 Å². The minimum atomic E-state index is -0.345. The van der Waals surface area contributed by atoms with Crippen molar-refractivity contribution in [1.29, 1.82) is 0 Å². The summed E-state index contributed by atoms with van der Waals surface area (Å²) in [5.74, 6) is -0.607. The van der Waals surface area contributed by atoms with Crippen LogP contribution in [0.1, 0.15) is 23.6 Å². The Balaban J connectivity index is 1.53. The maximum absolute atomic E-state index is 13.9. The van der Waals surface area contributed by atoms with Crippen molar-refractivity contribution in [2.24, 2.45) is 7.05 Å². The van der Waals surface area contributed by atoms with Crippen LogP contribution in [0.15, 0.2) is 70.1 Å². The van der Waals surface area contributed by atoms with Crippen molar-refractivity contribution in [3.63, 3.8) is 0 Å². The number of hydrogen-bond acceptors (Lipinski definition) is 4. The van der Waals surface area contributed by atoms with Crippen LogP contribution >= 0.6 is 0 Å². The second kappa shape index (κ2) is 8.05. The number of aryl methyl sites for hydroxylation is 2. The smallest absolute Gasteiger partial charge is 0.408 e. The molecule has 0 aliphatic heterocycles. The summed E-state index contributed by atoms with van der Waals surface area (Å²) in [6, 6.07) is 13.9. The average Bonchev–Trinajstić information content (AvgIpc) is 3.25. The van der Waals surface area contributed by atoms with Crippen molar-refractivity contribution in [2.45, 2.75) is 19.0 Å². The molecule has 0 spiro atoms. The molecule has 2 aromatic heterocycles. The Hall–Kier alpha value is -3.19. The van der Waals surface area contributed by atoms with Gasteiger partial charge in [0, 0.05) is 31.9 Å². The molecule has 150 valence electrons. The lowest BCUT2D eigenvalue weighted by Gasteiger charge is -2.28. The predicted molar refractivity (Wildman–Crippen MR) is 109 cm³/mol. The van der Waals surface area contributed by atoms with E-state index >= 15 is 0 Å². The van der Waals surface area contributed by atoms with E-state index in [-0.39, 0.29) is 17.6 Å². The maximum atomic E-state index is 13.9. The Kier molecular flexibility index (Phi) is 5.31. The van der Waals surface area contributed by atoms with Crippen LogP contribution in [0, 0.1) is 5.82 Å². The summed E-state index contributed by atoms with van der Waals surface area (Å²) in [4.78, 5) is 14.3. The summed E-state index contributed by atoms with van der Waals surface area (Å²) < 4.78 is 22.6. The number of para-hydroxylation sites is 2. The van der Waals surface area contributed by atoms with E-state index in [1.165, 1.54) is 6.07 Å². The number of nitrogens with zero attached hydrogens (tertiary/aromatic N) is 4. The topological polar surface area (TPSA) is 56.2 Å². The van der Waals surface area contributed by atoms with Crippen LogP contribution in [0.25, 0.3) is 11.1 Å². The molecular weight excluding hydrogens is 371 g/mol. The summed E-state index contributed by atoms with van der Waals surface area (Å²) >= 11 is 0. The molecule has 0 bridgehead atoms. The van der Waals surface area contributed by atoms with Gasteiger partial charge in [-0.1, -0.05) is 24.3 Å². The minimum Gasteiger partial charge on any atom is -0.408 e. The fraction of sp³-hybridized carbons (Fsp3) is 0.273. The minimum absolute atomic E-state index is 0.128. The van der Waals surface area contributed by atoms with Gasteiger partial charge in [0.05, 0.1) is 17.8 Å². The zero-order chi connectivity index (χ0) is 20.4. The van der Waals surface area contributed by atoms with Crippen LogP contribution in [-0.2, 0) is 13.6 Å². The third kappa shape index (κ3) is 4.00. The first-order valence-electron chi connectivity index (χ1n) is 9.55. The molecule has 0 aliphatic carbocycles. The predicted octanol–water partition coefficient (Wildman–Crippen LogP) is 3.58. The largest absolute Gasteiger partial charge is 0.419 e. The van der Waals surface area contributed by atoms with Crippen molar-refractivity contribution in [1.82, 2.24) is 19.2 Å². The molecule has 4 rings (SSSR count). The van der Waals surface area contributed by atoms with Gasteiger partial charge in [-0.2, -0.15) is 5.10 Å². The van der Waals surface area contributed by atoms with E-state index in [9.17, 15) is 9.18 Å². The van der Waals surface area contributed by atoms with Crippen molar-refractivity contribution in [3.8, 4) is 0 Å². The Morgan fingerprint density at radius 1 is 1.17 bits per heavy atom. The molecule has 0 radical (unpaired) electrons. The van der Waals surface area contributed by atoms with Crippen molar-refractivity contribution >= 4 is 11.1 Å². The Morgan fingerprint density at radius 2 is 2.00 bits per heavy atom. The lowest BCUT2D eigenvalue weighted by atomic mass is 10.00. The lowest BCUT2D eigenvalue weighted by Crippen LogP contribution is -2.28. The van der Waals surface area contributed by atoms with Crippen LogP contribution in [-0.4, -0.2) is 32.8 Å². The second-order valence-electron chi connectivity index (χ2n) is 7.23. The summed E-state index contributed by atoms with van der Waals surface area (Å²) in [5.41, 5.74) is 3.26. The Bertz CT molecular complexity index is 1180. The van der Waals surface area contributed by atoms with Crippen molar-refractivity contribution in [3.05, 3.63) is 88.4 Å². The van der Waals surface area contributed by atoms with Gasteiger partial charge < -0.3 is 4.42 Å². The number of halogens is 1. The third-order valence-electron chi connectivity index (χ3n) is 5.11. The zero-order valence-electron chi connectivity index (χ0n) is 16.5. The average molecular weight is 394 g/mol. The molecule has 29 heavy (non-hydrogen) atoms. The van der Waals surface area contributed by atoms with Crippen LogP contribution in [0.3, 0.4) is 0 Å². The summed E-state index contributed by atoms with van der Waals surface area (Å²) in [5, 5.41) is 4.27. The van der Waals surface area contributed by atoms with Gasteiger partial charge in [0.2, 0.25) is 0 Å². The van der Waals surface area contributed by atoms with Crippen molar-refractivity contribution in [2.75, 3.05) is 13.6 Å². The molecule has 0 fully saturated rings.